The van der Waals surface area contributed by atoms with E-state index in [0.717, 1.165) is 30.3 Å². The molecule has 0 aliphatic carbocycles. The lowest BCUT2D eigenvalue weighted by molar-refractivity contribution is -0.113. The summed E-state index contributed by atoms with van der Waals surface area (Å²) in [6, 6.07) is 15.6. The summed E-state index contributed by atoms with van der Waals surface area (Å²) in [5.74, 6) is 0.602. The van der Waals surface area contributed by atoms with Gasteiger partial charge in [-0.15, -0.1) is 10.2 Å². The van der Waals surface area contributed by atoms with Gasteiger partial charge in [-0.05, 0) is 62.3 Å². The molecule has 8 heteroatoms. The monoisotopic (exact) mass is 425 g/mol. The number of carbonyl (C=O) groups excluding carboxylic acids is 1. The SMILES string of the molecule is O=C(CSc1nnc(CN2CCCCC2)n1-c1ccc(F)cc1)Nc1ccccc1. The van der Waals surface area contributed by atoms with Crippen LogP contribution in [0.15, 0.2) is 59.8 Å². The van der Waals surface area contributed by atoms with Crippen molar-refractivity contribution in [2.24, 2.45) is 0 Å². The molecule has 1 aliphatic heterocycles. The summed E-state index contributed by atoms with van der Waals surface area (Å²) in [6.45, 7) is 2.76. The summed E-state index contributed by atoms with van der Waals surface area (Å²) in [5.41, 5.74) is 1.55. The van der Waals surface area contributed by atoms with Gasteiger partial charge in [0.15, 0.2) is 11.0 Å². The molecule has 0 spiro atoms. The lowest BCUT2D eigenvalue weighted by Crippen LogP contribution is -2.30. The van der Waals surface area contributed by atoms with Gasteiger partial charge in [0.1, 0.15) is 5.82 Å². The average molecular weight is 426 g/mol. The summed E-state index contributed by atoms with van der Waals surface area (Å²) in [5, 5.41) is 12.2. The maximum absolute atomic E-state index is 13.5. The molecule has 0 radical (unpaired) electrons. The van der Waals surface area contributed by atoms with Crippen LogP contribution in [0.2, 0.25) is 0 Å². The molecular formula is C22H24FN5OS. The number of benzene rings is 2. The number of amides is 1. The Bertz CT molecular complexity index is 971. The van der Waals surface area contributed by atoms with Gasteiger partial charge in [-0.3, -0.25) is 14.3 Å². The van der Waals surface area contributed by atoms with Gasteiger partial charge in [-0.1, -0.05) is 36.4 Å². The first kappa shape index (κ1) is 20.6. The molecule has 1 aliphatic rings. The Kier molecular flexibility index (Phi) is 6.76. The molecule has 30 heavy (non-hydrogen) atoms. The third-order valence-corrected chi connectivity index (χ3v) is 5.92. The number of para-hydroxylation sites is 1. The van der Waals surface area contributed by atoms with Crippen LogP contribution in [0.1, 0.15) is 25.1 Å². The van der Waals surface area contributed by atoms with Crippen molar-refractivity contribution in [3.63, 3.8) is 0 Å². The molecule has 2 heterocycles. The van der Waals surface area contributed by atoms with E-state index in [1.165, 1.54) is 43.2 Å². The van der Waals surface area contributed by atoms with Gasteiger partial charge in [0.25, 0.3) is 0 Å². The topological polar surface area (TPSA) is 63.1 Å². The molecule has 3 aromatic rings. The second-order valence-electron chi connectivity index (χ2n) is 7.25. The number of hydrogen-bond donors (Lipinski definition) is 1. The first-order valence-electron chi connectivity index (χ1n) is 10.1. The van der Waals surface area contributed by atoms with Crippen LogP contribution in [0.5, 0.6) is 0 Å². The fraction of sp³-hybridized carbons (Fsp3) is 0.318. The maximum Gasteiger partial charge on any atom is 0.234 e. The molecule has 2 aromatic carbocycles. The van der Waals surface area contributed by atoms with Crippen LogP contribution in [0, 0.1) is 5.82 Å². The van der Waals surface area contributed by atoms with Crippen molar-refractivity contribution in [1.29, 1.82) is 0 Å². The van der Waals surface area contributed by atoms with E-state index in [9.17, 15) is 9.18 Å². The molecule has 4 rings (SSSR count). The van der Waals surface area contributed by atoms with Crippen molar-refractivity contribution in [1.82, 2.24) is 19.7 Å². The maximum atomic E-state index is 13.5. The molecule has 1 amide bonds. The Morgan fingerprint density at radius 3 is 2.47 bits per heavy atom. The molecule has 1 saturated heterocycles. The lowest BCUT2D eigenvalue weighted by Gasteiger charge is -2.26. The number of nitrogens with one attached hydrogen (secondary N) is 1. The van der Waals surface area contributed by atoms with E-state index in [1.807, 2.05) is 34.9 Å². The minimum atomic E-state index is -0.291. The summed E-state index contributed by atoms with van der Waals surface area (Å²) in [7, 11) is 0. The number of piperidine rings is 1. The number of rotatable bonds is 7. The standard InChI is InChI=1S/C22H24FN5OS/c23-17-9-11-19(12-10-17)28-20(15-27-13-5-2-6-14-27)25-26-22(28)30-16-21(29)24-18-7-3-1-4-8-18/h1,3-4,7-12H,2,5-6,13-16H2,(H,24,29). The van der Waals surface area contributed by atoms with Crippen LogP contribution in [0.25, 0.3) is 5.69 Å². The number of nitrogens with zero attached hydrogens (tertiary/aromatic N) is 4. The predicted molar refractivity (Wildman–Crippen MR) is 116 cm³/mol. The molecule has 0 saturated carbocycles. The summed E-state index contributed by atoms with van der Waals surface area (Å²) >= 11 is 1.32. The Morgan fingerprint density at radius 1 is 1.00 bits per heavy atom. The van der Waals surface area contributed by atoms with Gasteiger partial charge in [-0.25, -0.2) is 4.39 Å². The van der Waals surface area contributed by atoms with Crippen molar-refractivity contribution in [2.45, 2.75) is 31.0 Å². The largest absolute Gasteiger partial charge is 0.325 e. The minimum Gasteiger partial charge on any atom is -0.325 e. The van der Waals surface area contributed by atoms with Crippen molar-refractivity contribution < 1.29 is 9.18 Å². The smallest absolute Gasteiger partial charge is 0.234 e. The van der Waals surface area contributed by atoms with Crippen LogP contribution < -0.4 is 5.32 Å². The Labute approximate surface area is 179 Å². The van der Waals surface area contributed by atoms with E-state index in [0.29, 0.717) is 11.7 Å². The fourth-order valence-corrected chi connectivity index (χ4v) is 4.28. The number of anilines is 1. The van der Waals surface area contributed by atoms with Gasteiger partial charge < -0.3 is 5.32 Å². The van der Waals surface area contributed by atoms with Crippen LogP contribution in [-0.4, -0.2) is 44.4 Å². The first-order valence-corrected chi connectivity index (χ1v) is 11.1. The number of thioether (sulfide) groups is 1. The molecule has 1 N–H and O–H groups in total. The van der Waals surface area contributed by atoms with E-state index in [4.69, 9.17) is 0 Å². The zero-order chi connectivity index (χ0) is 20.8. The lowest BCUT2D eigenvalue weighted by atomic mass is 10.1. The molecule has 0 atom stereocenters. The predicted octanol–water partition coefficient (Wildman–Crippen LogP) is 4.12. The zero-order valence-corrected chi connectivity index (χ0v) is 17.4. The van der Waals surface area contributed by atoms with Crippen molar-refractivity contribution in [3.8, 4) is 5.69 Å². The van der Waals surface area contributed by atoms with Crippen molar-refractivity contribution in [3.05, 3.63) is 66.2 Å². The summed E-state index contributed by atoms with van der Waals surface area (Å²) < 4.78 is 15.4. The van der Waals surface area contributed by atoms with Gasteiger partial charge in [-0.2, -0.15) is 0 Å². The number of likely N-dealkylation sites (tertiary alicyclic amines) is 1. The zero-order valence-electron chi connectivity index (χ0n) is 16.6. The van der Waals surface area contributed by atoms with Crippen LogP contribution in [0.4, 0.5) is 10.1 Å². The van der Waals surface area contributed by atoms with Crippen LogP contribution in [0.3, 0.4) is 0 Å². The third kappa shape index (κ3) is 5.25. The average Bonchev–Trinajstić information content (AvgIpc) is 3.16. The third-order valence-electron chi connectivity index (χ3n) is 4.99. The molecule has 1 aromatic heterocycles. The van der Waals surface area contributed by atoms with Crippen molar-refractivity contribution in [2.75, 3.05) is 24.2 Å². The minimum absolute atomic E-state index is 0.113. The molecule has 1 fully saturated rings. The molecular weight excluding hydrogens is 401 g/mol. The molecule has 6 nitrogen and oxygen atoms in total. The quantitative estimate of drug-likeness (QED) is 0.577. The van der Waals surface area contributed by atoms with E-state index in [-0.39, 0.29) is 17.5 Å². The Morgan fingerprint density at radius 2 is 1.73 bits per heavy atom. The summed E-state index contributed by atoms with van der Waals surface area (Å²) in [4.78, 5) is 14.7. The highest BCUT2D eigenvalue weighted by molar-refractivity contribution is 7.99. The van der Waals surface area contributed by atoms with Crippen molar-refractivity contribution >= 4 is 23.4 Å². The number of halogens is 1. The Balaban J connectivity index is 1.51. The van der Waals surface area contributed by atoms with Crippen LogP contribution in [-0.2, 0) is 11.3 Å². The van der Waals surface area contributed by atoms with E-state index in [2.05, 4.69) is 20.4 Å². The molecule has 0 unspecified atom stereocenters. The Hall–Kier alpha value is -2.71. The van der Waals surface area contributed by atoms with E-state index < -0.39 is 0 Å². The molecule has 156 valence electrons. The highest BCUT2D eigenvalue weighted by Crippen LogP contribution is 2.24. The van der Waals surface area contributed by atoms with Gasteiger partial charge in [0.2, 0.25) is 5.91 Å². The summed E-state index contributed by atoms with van der Waals surface area (Å²) in [6.07, 6.45) is 3.64. The normalized spacial score (nSPS) is 14.6. The fourth-order valence-electron chi connectivity index (χ4n) is 3.51. The highest BCUT2D eigenvalue weighted by Gasteiger charge is 2.19. The van der Waals surface area contributed by atoms with E-state index >= 15 is 0 Å². The van der Waals surface area contributed by atoms with Gasteiger partial charge in [0, 0.05) is 11.4 Å². The van der Waals surface area contributed by atoms with Gasteiger partial charge >= 0.3 is 0 Å². The molecule has 0 bridgehead atoms. The number of aromatic nitrogens is 3. The van der Waals surface area contributed by atoms with Crippen LogP contribution >= 0.6 is 11.8 Å². The van der Waals surface area contributed by atoms with E-state index in [1.54, 1.807) is 12.1 Å². The second-order valence-corrected chi connectivity index (χ2v) is 8.19. The number of hydrogen-bond acceptors (Lipinski definition) is 5. The highest BCUT2D eigenvalue weighted by atomic mass is 32.2. The second kappa shape index (κ2) is 9.86. The van der Waals surface area contributed by atoms with Gasteiger partial charge in [0.05, 0.1) is 12.3 Å². The first-order chi connectivity index (χ1) is 14.7. The number of carbonyl (C=O) groups is 1.